The number of fused-ring (bicyclic) bond motifs is 1. The van der Waals surface area contributed by atoms with E-state index in [0.717, 1.165) is 16.7 Å². The molecule has 1 atom stereocenters. The van der Waals surface area contributed by atoms with Gasteiger partial charge in [0.15, 0.2) is 11.4 Å². The molecule has 1 saturated heterocycles. The zero-order chi connectivity index (χ0) is 29.2. The van der Waals surface area contributed by atoms with Crippen LogP contribution in [-0.4, -0.2) is 46.7 Å². The van der Waals surface area contributed by atoms with E-state index in [1.807, 2.05) is 42.6 Å². The summed E-state index contributed by atoms with van der Waals surface area (Å²) >= 11 is 0. The number of benzene rings is 3. The number of hydrogen-bond donors (Lipinski definition) is 2. The minimum atomic E-state index is -0.815. The van der Waals surface area contributed by atoms with Crippen molar-refractivity contribution in [3.05, 3.63) is 102 Å². The molecule has 3 aromatic carbocycles. The Balaban J connectivity index is 1.15. The highest BCUT2D eigenvalue weighted by molar-refractivity contribution is 5.90. The average molecular weight is 567 g/mol. The monoisotopic (exact) mass is 566 g/mol. The number of carbonyl (C=O) groups is 2. The van der Waals surface area contributed by atoms with Crippen molar-refractivity contribution in [2.75, 3.05) is 30.5 Å². The maximum Gasteiger partial charge on any atom is 0.414 e. The number of ketones is 1. The van der Waals surface area contributed by atoms with Gasteiger partial charge >= 0.3 is 6.09 Å². The van der Waals surface area contributed by atoms with Gasteiger partial charge in [-0.25, -0.2) is 13.7 Å². The van der Waals surface area contributed by atoms with Crippen molar-refractivity contribution in [1.29, 1.82) is 0 Å². The minimum absolute atomic E-state index is 0.150. The Labute approximate surface area is 240 Å². The highest BCUT2D eigenvalue weighted by Gasteiger charge is 2.24. The van der Waals surface area contributed by atoms with Crippen LogP contribution < -0.4 is 20.7 Å². The Kier molecular flexibility index (Phi) is 7.24. The van der Waals surface area contributed by atoms with Gasteiger partial charge in [0, 0.05) is 24.2 Å². The van der Waals surface area contributed by atoms with E-state index >= 15 is 0 Å². The number of rotatable bonds is 9. The van der Waals surface area contributed by atoms with Crippen LogP contribution in [0.5, 0.6) is 5.75 Å². The maximum atomic E-state index is 13.2. The summed E-state index contributed by atoms with van der Waals surface area (Å²) in [5.41, 5.74) is 11.3. The van der Waals surface area contributed by atoms with Crippen molar-refractivity contribution < 1.29 is 23.5 Å². The number of nitrogens with zero attached hydrogens (tertiary/aromatic N) is 4. The predicted octanol–water partition coefficient (Wildman–Crippen LogP) is 5.06. The summed E-state index contributed by atoms with van der Waals surface area (Å²) in [4.78, 5) is 30.7. The van der Waals surface area contributed by atoms with E-state index in [4.69, 9.17) is 15.2 Å². The van der Waals surface area contributed by atoms with E-state index in [1.165, 1.54) is 24.3 Å². The van der Waals surface area contributed by atoms with Gasteiger partial charge in [0.25, 0.3) is 0 Å². The number of Topliss-reactive ketones (excluding diaryl/α,β-unsaturated/α-hetero) is 1. The second kappa shape index (κ2) is 11.3. The van der Waals surface area contributed by atoms with Crippen LogP contribution in [0.3, 0.4) is 0 Å². The van der Waals surface area contributed by atoms with Crippen LogP contribution in [0, 0.1) is 5.82 Å². The number of anilines is 3. The summed E-state index contributed by atoms with van der Waals surface area (Å²) in [7, 11) is 1.55. The third-order valence-electron chi connectivity index (χ3n) is 7.08. The molecule has 42 heavy (non-hydrogen) atoms. The van der Waals surface area contributed by atoms with Crippen molar-refractivity contribution in [2.45, 2.75) is 12.5 Å². The molecule has 0 radical (unpaired) electrons. The number of aromatic nitrogens is 3. The first-order chi connectivity index (χ1) is 20.4. The fourth-order valence-electron chi connectivity index (χ4n) is 4.79. The van der Waals surface area contributed by atoms with Gasteiger partial charge < -0.3 is 20.5 Å². The van der Waals surface area contributed by atoms with Crippen molar-refractivity contribution >= 4 is 34.8 Å². The number of cyclic esters (lactones) is 1. The summed E-state index contributed by atoms with van der Waals surface area (Å²) < 4.78 is 25.4. The number of methoxy groups -OCH3 is 1. The summed E-state index contributed by atoms with van der Waals surface area (Å²) in [5, 5.41) is 7.75. The molecule has 1 aliphatic heterocycles. The number of pyridine rings is 1. The zero-order valence-electron chi connectivity index (χ0n) is 22.7. The molecule has 11 heteroatoms. The van der Waals surface area contributed by atoms with E-state index in [-0.39, 0.29) is 24.1 Å². The Morgan fingerprint density at radius 1 is 1.07 bits per heavy atom. The van der Waals surface area contributed by atoms with Crippen LogP contribution in [0.2, 0.25) is 0 Å². The highest BCUT2D eigenvalue weighted by Crippen LogP contribution is 2.32. The molecule has 1 amide bonds. The molecule has 5 aromatic rings. The van der Waals surface area contributed by atoms with Gasteiger partial charge in [-0.2, -0.15) is 4.98 Å². The van der Waals surface area contributed by atoms with Crippen LogP contribution in [0.15, 0.2) is 85.1 Å². The molecular formula is C31H27FN6O4. The SMILES string of the molecule is COc1cc(N2CCOC2=O)ccc1Nc1nc2ccc(-c3ccc(CC(=O)[C@H](N)c4ccc(F)cc4)cc3)cn2n1. The molecule has 3 heterocycles. The Hall–Kier alpha value is -5.29. The zero-order valence-corrected chi connectivity index (χ0v) is 22.7. The molecular weight excluding hydrogens is 539 g/mol. The van der Waals surface area contributed by atoms with E-state index in [0.29, 0.717) is 47.4 Å². The fraction of sp³-hybridized carbons (Fsp3) is 0.161. The molecule has 0 bridgehead atoms. The van der Waals surface area contributed by atoms with Gasteiger partial charge in [-0.3, -0.25) is 9.69 Å². The second-order valence-electron chi connectivity index (χ2n) is 9.80. The lowest BCUT2D eigenvalue weighted by Crippen LogP contribution is -2.23. The summed E-state index contributed by atoms with van der Waals surface area (Å²) in [6, 6.07) is 21.7. The van der Waals surface area contributed by atoms with Gasteiger partial charge in [0.2, 0.25) is 5.95 Å². The molecule has 0 aliphatic carbocycles. The van der Waals surface area contributed by atoms with Gasteiger partial charge in [-0.1, -0.05) is 36.4 Å². The first kappa shape index (κ1) is 26.9. The third kappa shape index (κ3) is 5.50. The molecule has 2 aromatic heterocycles. The number of ether oxygens (including phenoxy) is 2. The molecule has 0 unspecified atom stereocenters. The molecule has 1 aliphatic rings. The van der Waals surface area contributed by atoms with Crippen LogP contribution >= 0.6 is 0 Å². The Morgan fingerprint density at radius 2 is 1.83 bits per heavy atom. The predicted molar refractivity (Wildman–Crippen MR) is 155 cm³/mol. The number of amides is 1. The van der Waals surface area contributed by atoms with Gasteiger partial charge in [-0.05, 0) is 53.1 Å². The lowest BCUT2D eigenvalue weighted by molar-refractivity contribution is -0.119. The summed E-state index contributed by atoms with van der Waals surface area (Å²) in [6.07, 6.45) is 1.66. The fourth-order valence-corrected chi connectivity index (χ4v) is 4.79. The standard InChI is InChI=1S/C31H27FN6O4/c1-41-27-17-24(37-14-15-42-31(37)40)11-12-25(27)34-30-35-28-13-8-22(18-38(28)36-30)20-4-2-19(3-5-20)16-26(39)29(33)21-6-9-23(32)10-7-21/h2-13,17-18,29H,14-16,33H2,1H3,(H,34,36)/t29-/m1/s1. The Morgan fingerprint density at radius 3 is 2.55 bits per heavy atom. The van der Waals surface area contributed by atoms with Crippen molar-refractivity contribution in [3.63, 3.8) is 0 Å². The van der Waals surface area contributed by atoms with Gasteiger partial charge in [-0.15, -0.1) is 5.10 Å². The van der Waals surface area contributed by atoms with E-state index in [9.17, 15) is 14.0 Å². The quantitative estimate of drug-likeness (QED) is 0.254. The normalized spacial score (nSPS) is 13.7. The summed E-state index contributed by atoms with van der Waals surface area (Å²) in [5.74, 6) is 0.390. The average Bonchev–Trinajstić information content (AvgIpc) is 3.62. The van der Waals surface area contributed by atoms with E-state index in [2.05, 4.69) is 15.4 Å². The molecule has 3 N–H and O–H groups in total. The van der Waals surface area contributed by atoms with Crippen molar-refractivity contribution in [2.24, 2.45) is 5.73 Å². The van der Waals surface area contributed by atoms with Crippen molar-refractivity contribution in [3.8, 4) is 16.9 Å². The number of hydrogen-bond acceptors (Lipinski definition) is 8. The molecule has 6 rings (SSSR count). The number of nitrogens with two attached hydrogens (primary N) is 1. The lowest BCUT2D eigenvalue weighted by Gasteiger charge is -2.16. The third-order valence-corrected chi connectivity index (χ3v) is 7.08. The largest absolute Gasteiger partial charge is 0.494 e. The number of halogens is 1. The van der Waals surface area contributed by atoms with Crippen molar-refractivity contribution in [1.82, 2.24) is 14.6 Å². The molecule has 212 valence electrons. The minimum Gasteiger partial charge on any atom is -0.494 e. The Bertz CT molecular complexity index is 1770. The van der Waals surface area contributed by atoms with Crippen LogP contribution in [0.1, 0.15) is 17.2 Å². The molecule has 1 fully saturated rings. The molecule has 10 nitrogen and oxygen atoms in total. The first-order valence-electron chi connectivity index (χ1n) is 13.3. The maximum absolute atomic E-state index is 13.2. The smallest absolute Gasteiger partial charge is 0.414 e. The van der Waals surface area contributed by atoms with Gasteiger partial charge in [0.1, 0.15) is 18.2 Å². The molecule has 0 spiro atoms. The van der Waals surface area contributed by atoms with Gasteiger partial charge in [0.05, 0.1) is 31.1 Å². The van der Waals surface area contributed by atoms with Crippen LogP contribution in [-0.2, 0) is 16.0 Å². The van der Waals surface area contributed by atoms with Crippen LogP contribution in [0.25, 0.3) is 16.8 Å². The van der Waals surface area contributed by atoms with Crippen LogP contribution in [0.4, 0.5) is 26.5 Å². The lowest BCUT2D eigenvalue weighted by atomic mass is 9.97. The van der Waals surface area contributed by atoms with E-state index in [1.54, 1.807) is 34.7 Å². The topological polar surface area (TPSA) is 124 Å². The first-order valence-corrected chi connectivity index (χ1v) is 13.3. The number of nitrogens with one attached hydrogen (secondary N) is 1. The van der Waals surface area contributed by atoms with E-state index < -0.39 is 6.04 Å². The number of carbonyl (C=O) groups excluding carboxylic acids is 2. The second-order valence-corrected chi connectivity index (χ2v) is 9.80. The summed E-state index contributed by atoms with van der Waals surface area (Å²) in [6.45, 7) is 0.837. The highest BCUT2D eigenvalue weighted by atomic mass is 19.1. The molecule has 0 saturated carbocycles.